The summed E-state index contributed by atoms with van der Waals surface area (Å²) in [7, 11) is 0. The van der Waals surface area contributed by atoms with Crippen LogP contribution in [0.1, 0.15) is 5.56 Å². The number of nitrogens with one attached hydrogen (secondary N) is 1. The summed E-state index contributed by atoms with van der Waals surface area (Å²) in [6.07, 6.45) is 1.84. The molecule has 0 saturated carbocycles. The predicted molar refractivity (Wildman–Crippen MR) is 75.6 cm³/mol. The molecule has 3 N–H and O–H groups in total. The first kappa shape index (κ1) is 12.5. The van der Waals surface area contributed by atoms with Crippen molar-refractivity contribution in [2.45, 2.75) is 6.92 Å². The van der Waals surface area contributed by atoms with Gasteiger partial charge >= 0.3 is 0 Å². The van der Waals surface area contributed by atoms with Crippen LogP contribution in [-0.4, -0.2) is 47.6 Å². The normalized spacial score (nSPS) is 17.0. The first-order chi connectivity index (χ1) is 8.25. The van der Waals surface area contributed by atoms with Crippen molar-refractivity contribution in [2.75, 3.05) is 48.7 Å². The molecular weight excluding hydrogens is 232 g/mol. The maximum Gasteiger partial charge on any atom is 0.149 e. The molecule has 1 aromatic rings. The van der Waals surface area contributed by atoms with Crippen molar-refractivity contribution in [1.82, 2.24) is 9.88 Å². The fourth-order valence-electron chi connectivity index (χ4n) is 1.90. The van der Waals surface area contributed by atoms with Gasteiger partial charge in [0.1, 0.15) is 5.82 Å². The molecule has 0 aromatic carbocycles. The van der Waals surface area contributed by atoms with Crippen molar-refractivity contribution in [3.05, 3.63) is 17.8 Å². The van der Waals surface area contributed by atoms with Crippen LogP contribution in [0.25, 0.3) is 0 Å². The number of anilines is 2. The molecule has 0 spiro atoms. The van der Waals surface area contributed by atoms with Gasteiger partial charge in [0, 0.05) is 43.9 Å². The lowest BCUT2D eigenvalue weighted by Gasteiger charge is -2.26. The molecule has 1 aromatic heterocycles. The fraction of sp³-hybridized carbons (Fsp3) is 0.583. The Morgan fingerprint density at radius 3 is 2.94 bits per heavy atom. The molecule has 2 rings (SSSR count). The average Bonchev–Trinajstić information content (AvgIpc) is 2.33. The van der Waals surface area contributed by atoms with E-state index >= 15 is 0 Å². The van der Waals surface area contributed by atoms with E-state index in [9.17, 15) is 0 Å². The fourth-order valence-corrected chi connectivity index (χ4v) is 2.88. The maximum atomic E-state index is 5.90. The lowest BCUT2D eigenvalue weighted by molar-refractivity contribution is 0.314. The van der Waals surface area contributed by atoms with Gasteiger partial charge in [-0.1, -0.05) is 0 Å². The first-order valence-corrected chi connectivity index (χ1v) is 7.17. The number of nitrogens with zero attached hydrogens (tertiary/aromatic N) is 2. The Balaban J connectivity index is 1.77. The van der Waals surface area contributed by atoms with Gasteiger partial charge in [-0.25, -0.2) is 4.98 Å². The van der Waals surface area contributed by atoms with E-state index in [0.717, 1.165) is 30.2 Å². The number of hydrogen-bond acceptors (Lipinski definition) is 5. The van der Waals surface area contributed by atoms with Gasteiger partial charge in [-0.15, -0.1) is 0 Å². The highest BCUT2D eigenvalue weighted by molar-refractivity contribution is 7.99. The summed E-state index contributed by atoms with van der Waals surface area (Å²) in [6, 6.07) is 1.95. The number of aromatic nitrogens is 1. The number of aryl methyl sites for hydroxylation is 1. The van der Waals surface area contributed by atoms with Crippen LogP contribution < -0.4 is 11.1 Å². The zero-order chi connectivity index (χ0) is 12.1. The van der Waals surface area contributed by atoms with Gasteiger partial charge in [0.15, 0.2) is 0 Å². The zero-order valence-corrected chi connectivity index (χ0v) is 11.1. The molecule has 17 heavy (non-hydrogen) atoms. The molecule has 0 aliphatic carbocycles. The molecule has 0 atom stereocenters. The third-order valence-electron chi connectivity index (χ3n) is 2.88. The minimum atomic E-state index is 0.735. The SMILES string of the molecule is Cc1cnc(NCCN2CCSCC2)c(N)c1. The Morgan fingerprint density at radius 1 is 1.47 bits per heavy atom. The molecule has 94 valence electrons. The molecule has 0 amide bonds. The minimum absolute atomic E-state index is 0.735. The van der Waals surface area contributed by atoms with E-state index in [0.29, 0.717) is 0 Å². The highest BCUT2D eigenvalue weighted by Crippen LogP contribution is 2.15. The van der Waals surface area contributed by atoms with Crippen LogP contribution in [0.5, 0.6) is 0 Å². The van der Waals surface area contributed by atoms with Crippen LogP contribution >= 0.6 is 11.8 Å². The van der Waals surface area contributed by atoms with E-state index in [-0.39, 0.29) is 0 Å². The van der Waals surface area contributed by atoms with Crippen LogP contribution in [0.2, 0.25) is 0 Å². The summed E-state index contributed by atoms with van der Waals surface area (Å²) in [5.41, 5.74) is 7.73. The van der Waals surface area contributed by atoms with E-state index < -0.39 is 0 Å². The van der Waals surface area contributed by atoms with E-state index in [4.69, 9.17) is 5.73 Å². The summed E-state index contributed by atoms with van der Waals surface area (Å²) in [5.74, 6) is 3.32. The van der Waals surface area contributed by atoms with Crippen molar-refractivity contribution in [2.24, 2.45) is 0 Å². The second kappa shape index (κ2) is 6.12. The van der Waals surface area contributed by atoms with Crippen LogP contribution in [0.3, 0.4) is 0 Å². The van der Waals surface area contributed by atoms with E-state index in [1.165, 1.54) is 24.6 Å². The van der Waals surface area contributed by atoms with Crippen molar-refractivity contribution < 1.29 is 0 Å². The quantitative estimate of drug-likeness (QED) is 0.849. The molecule has 0 bridgehead atoms. The maximum absolute atomic E-state index is 5.90. The van der Waals surface area contributed by atoms with Crippen molar-refractivity contribution in [3.8, 4) is 0 Å². The van der Waals surface area contributed by atoms with Gasteiger partial charge in [0.05, 0.1) is 5.69 Å². The Kier molecular flexibility index (Phi) is 4.50. The van der Waals surface area contributed by atoms with E-state index in [2.05, 4.69) is 15.2 Å². The summed E-state index contributed by atoms with van der Waals surface area (Å²) >= 11 is 2.04. The van der Waals surface area contributed by atoms with E-state index in [1.807, 2.05) is 30.9 Å². The molecule has 1 aliphatic rings. The monoisotopic (exact) mass is 252 g/mol. The van der Waals surface area contributed by atoms with Gasteiger partial charge in [0.2, 0.25) is 0 Å². The number of rotatable bonds is 4. The number of nitrogens with two attached hydrogens (primary N) is 1. The van der Waals surface area contributed by atoms with Gasteiger partial charge in [0.25, 0.3) is 0 Å². The number of nitrogen functional groups attached to an aromatic ring is 1. The van der Waals surface area contributed by atoms with Crippen molar-refractivity contribution >= 4 is 23.3 Å². The summed E-state index contributed by atoms with van der Waals surface area (Å²) in [4.78, 5) is 6.78. The third kappa shape index (κ3) is 3.78. The molecule has 0 radical (unpaired) electrons. The van der Waals surface area contributed by atoms with Crippen LogP contribution in [-0.2, 0) is 0 Å². The van der Waals surface area contributed by atoms with Crippen molar-refractivity contribution in [3.63, 3.8) is 0 Å². The lowest BCUT2D eigenvalue weighted by atomic mass is 10.3. The Bertz CT molecular complexity index is 364. The van der Waals surface area contributed by atoms with Crippen LogP contribution in [0.4, 0.5) is 11.5 Å². The van der Waals surface area contributed by atoms with E-state index in [1.54, 1.807) is 0 Å². The molecule has 4 nitrogen and oxygen atoms in total. The highest BCUT2D eigenvalue weighted by atomic mass is 32.2. The Morgan fingerprint density at radius 2 is 2.24 bits per heavy atom. The van der Waals surface area contributed by atoms with Gasteiger partial charge in [-0.3, -0.25) is 4.90 Å². The van der Waals surface area contributed by atoms with Crippen LogP contribution in [0, 0.1) is 6.92 Å². The zero-order valence-electron chi connectivity index (χ0n) is 10.3. The largest absolute Gasteiger partial charge is 0.396 e. The summed E-state index contributed by atoms with van der Waals surface area (Å²) in [5, 5.41) is 3.30. The molecule has 2 heterocycles. The summed E-state index contributed by atoms with van der Waals surface area (Å²) < 4.78 is 0. The third-order valence-corrected chi connectivity index (χ3v) is 3.82. The summed E-state index contributed by atoms with van der Waals surface area (Å²) in [6.45, 7) is 6.37. The standard InChI is InChI=1S/C12H20N4S/c1-10-8-11(13)12(15-9-10)14-2-3-16-4-6-17-7-5-16/h8-9H,2-7,13H2,1H3,(H,14,15). The smallest absolute Gasteiger partial charge is 0.149 e. The van der Waals surface area contributed by atoms with Crippen LogP contribution in [0.15, 0.2) is 12.3 Å². The molecule has 1 saturated heterocycles. The second-order valence-electron chi connectivity index (χ2n) is 4.33. The van der Waals surface area contributed by atoms with Gasteiger partial charge in [-0.2, -0.15) is 11.8 Å². The molecule has 1 fully saturated rings. The Hall–Kier alpha value is -0.940. The lowest BCUT2D eigenvalue weighted by Crippen LogP contribution is -2.36. The predicted octanol–water partition coefficient (Wildman–Crippen LogP) is 1.43. The van der Waals surface area contributed by atoms with Gasteiger partial charge < -0.3 is 11.1 Å². The van der Waals surface area contributed by atoms with Gasteiger partial charge in [-0.05, 0) is 18.6 Å². The Labute approximate surface area is 107 Å². The molecule has 0 unspecified atom stereocenters. The number of hydrogen-bond donors (Lipinski definition) is 2. The second-order valence-corrected chi connectivity index (χ2v) is 5.56. The minimum Gasteiger partial charge on any atom is -0.396 e. The van der Waals surface area contributed by atoms with Crippen molar-refractivity contribution in [1.29, 1.82) is 0 Å². The first-order valence-electron chi connectivity index (χ1n) is 6.02. The molecule has 5 heteroatoms. The highest BCUT2D eigenvalue weighted by Gasteiger charge is 2.09. The topological polar surface area (TPSA) is 54.2 Å². The average molecular weight is 252 g/mol. The number of thioether (sulfide) groups is 1. The number of pyridine rings is 1. The molecule has 1 aliphatic heterocycles. The molecular formula is C12H20N4S.